The topological polar surface area (TPSA) is 66.5 Å². The summed E-state index contributed by atoms with van der Waals surface area (Å²) in [6, 6.07) is 15.3. The van der Waals surface area contributed by atoms with Crippen LogP contribution in [0.25, 0.3) is 0 Å². The van der Waals surface area contributed by atoms with E-state index < -0.39 is 10.0 Å². The Kier molecular flexibility index (Phi) is 6.94. The molecular weight excluding hydrogens is 348 g/mol. The van der Waals surface area contributed by atoms with Crippen LogP contribution in [0.5, 0.6) is 0 Å². The minimum absolute atomic E-state index is 0.108. The first-order valence-electron chi connectivity index (χ1n) is 8.68. The minimum Gasteiger partial charge on any atom is -0.326 e. The van der Waals surface area contributed by atoms with Gasteiger partial charge in [-0.2, -0.15) is 4.31 Å². The maximum atomic E-state index is 12.3. The number of carbonyl (C=O) groups is 1. The first-order valence-corrected chi connectivity index (χ1v) is 10.5. The smallest absolute Gasteiger partial charge is 0.225 e. The second-order valence-electron chi connectivity index (χ2n) is 6.39. The number of amides is 1. The highest BCUT2D eigenvalue weighted by Gasteiger charge is 2.18. The predicted octanol–water partition coefficient (Wildman–Crippen LogP) is 3.35. The van der Waals surface area contributed by atoms with Gasteiger partial charge in [0.05, 0.1) is 6.26 Å². The molecule has 1 amide bonds. The lowest BCUT2D eigenvalue weighted by Crippen LogP contribution is -2.32. The highest BCUT2D eigenvalue weighted by molar-refractivity contribution is 7.88. The summed E-state index contributed by atoms with van der Waals surface area (Å²) in [4.78, 5) is 12.3. The number of anilines is 1. The molecule has 0 saturated heterocycles. The van der Waals surface area contributed by atoms with Gasteiger partial charge in [0, 0.05) is 25.2 Å². The summed E-state index contributed by atoms with van der Waals surface area (Å²) in [6.45, 7) is 4.40. The van der Waals surface area contributed by atoms with Gasteiger partial charge in [-0.3, -0.25) is 4.79 Å². The van der Waals surface area contributed by atoms with Gasteiger partial charge in [0.15, 0.2) is 0 Å². The maximum absolute atomic E-state index is 12.3. The zero-order valence-corrected chi connectivity index (χ0v) is 16.3. The van der Waals surface area contributed by atoms with E-state index in [0.717, 1.165) is 28.8 Å². The van der Waals surface area contributed by atoms with Gasteiger partial charge in [0.25, 0.3) is 0 Å². The number of para-hydroxylation sites is 1. The van der Waals surface area contributed by atoms with Gasteiger partial charge in [0.1, 0.15) is 0 Å². The molecule has 0 aliphatic rings. The number of benzene rings is 2. The summed E-state index contributed by atoms with van der Waals surface area (Å²) in [5.41, 5.74) is 3.82. The van der Waals surface area contributed by atoms with E-state index in [-0.39, 0.29) is 25.4 Å². The fourth-order valence-electron chi connectivity index (χ4n) is 2.77. The molecule has 2 rings (SSSR count). The fraction of sp³-hybridized carbons (Fsp3) is 0.350. The number of hydrogen-bond acceptors (Lipinski definition) is 3. The molecule has 5 nitrogen and oxygen atoms in total. The molecule has 1 N–H and O–H groups in total. The van der Waals surface area contributed by atoms with Crippen LogP contribution in [0.4, 0.5) is 5.69 Å². The largest absolute Gasteiger partial charge is 0.326 e. The molecule has 0 aliphatic carbocycles. The van der Waals surface area contributed by atoms with E-state index in [2.05, 4.69) is 5.32 Å². The predicted molar refractivity (Wildman–Crippen MR) is 105 cm³/mol. The average Bonchev–Trinajstić information content (AvgIpc) is 2.58. The van der Waals surface area contributed by atoms with Crippen molar-refractivity contribution in [1.29, 1.82) is 0 Å². The van der Waals surface area contributed by atoms with Crippen molar-refractivity contribution in [1.82, 2.24) is 4.31 Å². The highest BCUT2D eigenvalue weighted by atomic mass is 32.2. The summed E-state index contributed by atoms with van der Waals surface area (Å²) in [7, 11) is -3.40. The molecule has 6 heteroatoms. The quantitative estimate of drug-likeness (QED) is 0.770. The monoisotopic (exact) mass is 374 g/mol. The number of rotatable bonds is 8. The van der Waals surface area contributed by atoms with Crippen LogP contribution in [0, 0.1) is 6.92 Å². The van der Waals surface area contributed by atoms with Crippen molar-refractivity contribution >= 4 is 21.6 Å². The van der Waals surface area contributed by atoms with Gasteiger partial charge in [-0.1, -0.05) is 55.0 Å². The zero-order valence-electron chi connectivity index (χ0n) is 15.5. The van der Waals surface area contributed by atoms with Crippen molar-refractivity contribution in [2.45, 2.75) is 33.2 Å². The maximum Gasteiger partial charge on any atom is 0.225 e. The first-order chi connectivity index (χ1) is 12.3. The second-order valence-corrected chi connectivity index (χ2v) is 8.38. The number of nitrogens with one attached hydrogen (secondary N) is 1. The minimum atomic E-state index is -3.40. The molecule has 0 aliphatic heterocycles. The first kappa shape index (κ1) is 20.1. The third-order valence-corrected chi connectivity index (χ3v) is 5.42. The van der Waals surface area contributed by atoms with Crippen molar-refractivity contribution in [3.63, 3.8) is 0 Å². The Balaban J connectivity index is 2.02. The summed E-state index contributed by atoms with van der Waals surface area (Å²) >= 11 is 0. The molecule has 140 valence electrons. The summed E-state index contributed by atoms with van der Waals surface area (Å²) < 4.78 is 25.5. The van der Waals surface area contributed by atoms with Gasteiger partial charge in [-0.15, -0.1) is 0 Å². The van der Waals surface area contributed by atoms with Crippen molar-refractivity contribution < 1.29 is 13.2 Å². The van der Waals surface area contributed by atoms with Gasteiger partial charge < -0.3 is 5.32 Å². The molecule has 0 spiro atoms. The third kappa shape index (κ3) is 5.97. The molecule has 0 bridgehead atoms. The fourth-order valence-corrected chi connectivity index (χ4v) is 3.57. The SMILES string of the molecule is CCc1ccccc1NC(=O)CCN(Cc1cccc(C)c1)S(C)(=O)=O. The Morgan fingerprint density at radius 2 is 1.85 bits per heavy atom. The zero-order chi connectivity index (χ0) is 19.2. The number of carbonyl (C=O) groups excluding carboxylic acids is 1. The van der Waals surface area contributed by atoms with Crippen LogP contribution >= 0.6 is 0 Å². The molecule has 0 radical (unpaired) electrons. The van der Waals surface area contributed by atoms with Gasteiger partial charge in [-0.25, -0.2) is 8.42 Å². The Labute approximate surface area is 156 Å². The molecule has 0 heterocycles. The Morgan fingerprint density at radius 1 is 1.12 bits per heavy atom. The highest BCUT2D eigenvalue weighted by Crippen LogP contribution is 2.16. The Morgan fingerprint density at radius 3 is 2.50 bits per heavy atom. The molecule has 0 unspecified atom stereocenters. The van der Waals surface area contributed by atoms with E-state index in [9.17, 15) is 13.2 Å². The van der Waals surface area contributed by atoms with Crippen molar-refractivity contribution in [3.05, 3.63) is 65.2 Å². The standard InChI is InChI=1S/C20H26N2O3S/c1-4-18-10-5-6-11-19(18)21-20(23)12-13-22(26(3,24)25)15-17-9-7-8-16(2)14-17/h5-11,14H,4,12-13,15H2,1-3H3,(H,21,23). The van der Waals surface area contributed by atoms with Crippen LogP contribution in [0.1, 0.15) is 30.0 Å². The number of nitrogens with zero attached hydrogens (tertiary/aromatic N) is 1. The van der Waals surface area contributed by atoms with Gasteiger partial charge >= 0.3 is 0 Å². The molecular formula is C20H26N2O3S. The van der Waals surface area contributed by atoms with E-state index in [0.29, 0.717) is 0 Å². The Hall–Kier alpha value is -2.18. The molecule has 2 aromatic carbocycles. The summed E-state index contributed by atoms with van der Waals surface area (Å²) in [5, 5.41) is 2.88. The lowest BCUT2D eigenvalue weighted by Gasteiger charge is -2.20. The van der Waals surface area contributed by atoms with Crippen LogP contribution in [-0.4, -0.2) is 31.4 Å². The van der Waals surface area contributed by atoms with Crippen molar-refractivity contribution in [2.24, 2.45) is 0 Å². The summed E-state index contributed by atoms with van der Waals surface area (Å²) in [6.07, 6.45) is 2.10. The van der Waals surface area contributed by atoms with Crippen LogP contribution in [0.3, 0.4) is 0 Å². The lowest BCUT2D eigenvalue weighted by molar-refractivity contribution is -0.116. The van der Waals surface area contributed by atoms with Crippen LogP contribution in [0.2, 0.25) is 0 Å². The average molecular weight is 375 g/mol. The molecule has 0 aromatic heterocycles. The molecule has 0 atom stereocenters. The van der Waals surface area contributed by atoms with Crippen LogP contribution < -0.4 is 5.32 Å². The van der Waals surface area contributed by atoms with E-state index in [1.165, 1.54) is 10.6 Å². The normalized spacial score (nSPS) is 11.5. The van der Waals surface area contributed by atoms with E-state index in [1.807, 2.05) is 62.4 Å². The van der Waals surface area contributed by atoms with E-state index in [1.54, 1.807) is 0 Å². The van der Waals surface area contributed by atoms with Crippen molar-refractivity contribution in [2.75, 3.05) is 18.1 Å². The number of sulfonamides is 1. The molecule has 0 saturated carbocycles. The Bertz CT molecular complexity index is 863. The lowest BCUT2D eigenvalue weighted by atomic mass is 10.1. The van der Waals surface area contributed by atoms with Crippen LogP contribution in [-0.2, 0) is 27.8 Å². The van der Waals surface area contributed by atoms with E-state index in [4.69, 9.17) is 0 Å². The molecule has 0 fully saturated rings. The molecule has 2 aromatic rings. The van der Waals surface area contributed by atoms with Crippen molar-refractivity contribution in [3.8, 4) is 0 Å². The molecule has 26 heavy (non-hydrogen) atoms. The van der Waals surface area contributed by atoms with Gasteiger partial charge in [-0.05, 0) is 30.5 Å². The number of aryl methyl sites for hydroxylation is 2. The third-order valence-electron chi connectivity index (χ3n) is 4.17. The summed E-state index contributed by atoms with van der Waals surface area (Å²) in [5.74, 6) is -0.191. The van der Waals surface area contributed by atoms with E-state index >= 15 is 0 Å². The van der Waals surface area contributed by atoms with Gasteiger partial charge in [0.2, 0.25) is 15.9 Å². The number of hydrogen-bond donors (Lipinski definition) is 1. The second kappa shape index (κ2) is 8.96. The van der Waals surface area contributed by atoms with Crippen LogP contribution in [0.15, 0.2) is 48.5 Å².